The van der Waals surface area contributed by atoms with E-state index in [9.17, 15) is 0 Å². The van der Waals surface area contributed by atoms with Crippen molar-refractivity contribution in [1.29, 1.82) is 0 Å². The van der Waals surface area contributed by atoms with E-state index in [-0.39, 0.29) is 0 Å². The van der Waals surface area contributed by atoms with Gasteiger partial charge in [-0.05, 0) is 35.7 Å². The fraction of sp³-hybridized carbons (Fsp3) is 0. The summed E-state index contributed by atoms with van der Waals surface area (Å²) in [4.78, 5) is 14.2. The molecule has 0 aliphatic rings. The van der Waals surface area contributed by atoms with Crippen molar-refractivity contribution < 1.29 is 4.74 Å². The summed E-state index contributed by atoms with van der Waals surface area (Å²) in [6.07, 6.45) is 1.57. The van der Waals surface area contributed by atoms with Crippen molar-refractivity contribution >= 4 is 33.8 Å². The summed E-state index contributed by atoms with van der Waals surface area (Å²) >= 11 is 7.40. The molecule has 3 heterocycles. The molecule has 112 valence electrons. The number of thiophene rings is 1. The van der Waals surface area contributed by atoms with E-state index in [1.807, 2.05) is 41.8 Å². The maximum atomic E-state index is 5.92. The molecule has 0 spiro atoms. The van der Waals surface area contributed by atoms with Gasteiger partial charge in [-0.3, -0.25) is 0 Å². The molecular formula is C17H10ClN3OS. The minimum Gasteiger partial charge on any atom is -0.437 e. The highest BCUT2D eigenvalue weighted by Gasteiger charge is 2.12. The number of benzene rings is 1. The Balaban J connectivity index is 1.84. The molecule has 4 nitrogen and oxygen atoms in total. The number of hydrogen-bond donors (Lipinski definition) is 0. The second kappa shape index (κ2) is 5.95. The maximum absolute atomic E-state index is 5.92. The van der Waals surface area contributed by atoms with E-state index < -0.39 is 0 Å². The van der Waals surface area contributed by atoms with Crippen molar-refractivity contribution in [1.82, 2.24) is 15.0 Å². The van der Waals surface area contributed by atoms with Crippen LogP contribution in [0.2, 0.25) is 5.15 Å². The molecule has 0 N–H and O–H groups in total. The number of aromatic nitrogens is 3. The molecule has 0 saturated heterocycles. The first-order valence-corrected chi connectivity index (χ1v) is 8.15. The van der Waals surface area contributed by atoms with Gasteiger partial charge in [0.05, 0.1) is 22.0 Å². The van der Waals surface area contributed by atoms with Gasteiger partial charge in [-0.15, -0.1) is 11.3 Å². The fourth-order valence-electron chi connectivity index (χ4n) is 2.18. The normalized spacial score (nSPS) is 10.8. The van der Waals surface area contributed by atoms with Gasteiger partial charge in [0.15, 0.2) is 5.82 Å². The third kappa shape index (κ3) is 2.88. The van der Waals surface area contributed by atoms with Crippen LogP contribution in [0, 0.1) is 0 Å². The summed E-state index contributed by atoms with van der Waals surface area (Å²) < 4.78 is 5.92. The van der Waals surface area contributed by atoms with Gasteiger partial charge < -0.3 is 4.74 Å². The number of hydrogen-bond acceptors (Lipinski definition) is 5. The molecule has 3 aromatic heterocycles. The summed E-state index contributed by atoms with van der Waals surface area (Å²) in [6.45, 7) is 0. The van der Waals surface area contributed by atoms with Gasteiger partial charge in [-0.25, -0.2) is 9.97 Å². The van der Waals surface area contributed by atoms with Crippen LogP contribution in [-0.4, -0.2) is 15.0 Å². The molecule has 0 atom stereocenters. The Bertz CT molecular complexity index is 955. The molecule has 0 bridgehead atoms. The van der Waals surface area contributed by atoms with E-state index in [1.165, 1.54) is 0 Å². The Labute approximate surface area is 141 Å². The minimum atomic E-state index is 0.421. The fourth-order valence-corrected chi connectivity index (χ4v) is 2.94. The van der Waals surface area contributed by atoms with E-state index in [0.29, 0.717) is 22.6 Å². The minimum absolute atomic E-state index is 0.421. The van der Waals surface area contributed by atoms with Crippen LogP contribution in [0.3, 0.4) is 0 Å². The van der Waals surface area contributed by atoms with Crippen molar-refractivity contribution in [2.45, 2.75) is 0 Å². The van der Waals surface area contributed by atoms with Crippen LogP contribution in [0.1, 0.15) is 0 Å². The van der Waals surface area contributed by atoms with E-state index in [1.54, 1.807) is 29.7 Å². The second-order valence-corrected chi connectivity index (χ2v) is 6.10. The van der Waals surface area contributed by atoms with E-state index >= 15 is 0 Å². The number of pyridine rings is 1. The molecule has 1 aromatic carbocycles. The van der Waals surface area contributed by atoms with Crippen LogP contribution in [-0.2, 0) is 0 Å². The van der Waals surface area contributed by atoms with Crippen molar-refractivity contribution in [2.24, 2.45) is 0 Å². The predicted molar refractivity (Wildman–Crippen MR) is 92.2 cm³/mol. The molecule has 0 fully saturated rings. The molecule has 0 radical (unpaired) electrons. The molecule has 4 aromatic rings. The summed E-state index contributed by atoms with van der Waals surface area (Å²) in [7, 11) is 0. The van der Waals surface area contributed by atoms with Gasteiger partial charge in [-0.2, -0.15) is 4.98 Å². The lowest BCUT2D eigenvalue weighted by Crippen LogP contribution is -1.95. The van der Waals surface area contributed by atoms with Gasteiger partial charge in [0.1, 0.15) is 10.9 Å². The van der Waals surface area contributed by atoms with E-state index in [2.05, 4.69) is 15.0 Å². The molecule has 0 saturated carbocycles. The second-order valence-electron chi connectivity index (χ2n) is 4.77. The lowest BCUT2D eigenvalue weighted by Gasteiger charge is -2.09. The van der Waals surface area contributed by atoms with Crippen LogP contribution in [0.15, 0.2) is 60.1 Å². The number of nitrogens with zero attached hydrogens (tertiary/aromatic N) is 3. The van der Waals surface area contributed by atoms with Crippen LogP contribution in [0.5, 0.6) is 11.6 Å². The first-order chi connectivity index (χ1) is 11.3. The number of fused-ring (bicyclic) bond motifs is 1. The van der Waals surface area contributed by atoms with Crippen molar-refractivity contribution in [3.63, 3.8) is 0 Å². The first kappa shape index (κ1) is 14.1. The number of halogens is 1. The molecule has 4 rings (SSSR count). The van der Waals surface area contributed by atoms with Gasteiger partial charge in [0, 0.05) is 0 Å². The van der Waals surface area contributed by atoms with Crippen molar-refractivity contribution in [3.8, 4) is 22.3 Å². The standard InChI is InChI=1S/C17H10ClN3OS/c18-15-8-7-11(10-19-15)22-17-12-4-1-2-5-13(12)20-16(21-17)14-6-3-9-23-14/h1-10H. The summed E-state index contributed by atoms with van der Waals surface area (Å²) in [6, 6.07) is 15.2. The average molecular weight is 340 g/mol. The quantitative estimate of drug-likeness (QED) is 0.481. The SMILES string of the molecule is Clc1ccc(Oc2nc(-c3cccs3)nc3ccccc23)cn1. The van der Waals surface area contributed by atoms with Crippen molar-refractivity contribution in [3.05, 3.63) is 65.3 Å². The average Bonchev–Trinajstić information content (AvgIpc) is 3.11. The summed E-state index contributed by atoms with van der Waals surface area (Å²) in [5, 5.41) is 3.27. The zero-order valence-corrected chi connectivity index (χ0v) is 13.4. The third-order valence-electron chi connectivity index (χ3n) is 3.22. The zero-order valence-electron chi connectivity index (χ0n) is 11.8. The lowest BCUT2D eigenvalue weighted by molar-refractivity contribution is 0.467. The number of para-hydroxylation sites is 1. The number of rotatable bonds is 3. The van der Waals surface area contributed by atoms with E-state index in [4.69, 9.17) is 16.3 Å². The molecule has 0 aliphatic carbocycles. The molecule has 23 heavy (non-hydrogen) atoms. The maximum Gasteiger partial charge on any atom is 0.230 e. The Morgan fingerprint density at radius 3 is 2.65 bits per heavy atom. The Morgan fingerprint density at radius 1 is 0.957 bits per heavy atom. The van der Waals surface area contributed by atoms with Crippen LogP contribution >= 0.6 is 22.9 Å². The van der Waals surface area contributed by atoms with Crippen LogP contribution in [0.25, 0.3) is 21.6 Å². The first-order valence-electron chi connectivity index (χ1n) is 6.90. The van der Waals surface area contributed by atoms with Gasteiger partial charge >= 0.3 is 0 Å². The molecule has 6 heteroatoms. The Morgan fingerprint density at radius 2 is 1.87 bits per heavy atom. The highest BCUT2D eigenvalue weighted by molar-refractivity contribution is 7.13. The van der Waals surface area contributed by atoms with Crippen molar-refractivity contribution in [2.75, 3.05) is 0 Å². The number of ether oxygens (including phenoxy) is 1. The molecule has 0 unspecified atom stereocenters. The Kier molecular flexibility index (Phi) is 3.65. The monoisotopic (exact) mass is 339 g/mol. The van der Waals surface area contributed by atoms with Gasteiger partial charge in [0.2, 0.25) is 5.88 Å². The van der Waals surface area contributed by atoms with Gasteiger partial charge in [0.25, 0.3) is 0 Å². The van der Waals surface area contributed by atoms with Gasteiger partial charge in [-0.1, -0.05) is 29.8 Å². The smallest absolute Gasteiger partial charge is 0.230 e. The van der Waals surface area contributed by atoms with Crippen LogP contribution < -0.4 is 4.74 Å². The topological polar surface area (TPSA) is 47.9 Å². The Hall–Kier alpha value is -2.50. The highest BCUT2D eigenvalue weighted by Crippen LogP contribution is 2.31. The highest BCUT2D eigenvalue weighted by atomic mass is 35.5. The zero-order chi connectivity index (χ0) is 15.6. The van der Waals surface area contributed by atoms with Crippen LogP contribution in [0.4, 0.5) is 0 Å². The lowest BCUT2D eigenvalue weighted by atomic mass is 10.2. The third-order valence-corrected chi connectivity index (χ3v) is 4.31. The van der Waals surface area contributed by atoms with E-state index in [0.717, 1.165) is 15.8 Å². The largest absolute Gasteiger partial charge is 0.437 e. The predicted octanol–water partition coefficient (Wildman–Crippen LogP) is 5.20. The summed E-state index contributed by atoms with van der Waals surface area (Å²) in [5.74, 6) is 1.73. The molecule has 0 amide bonds. The summed E-state index contributed by atoms with van der Waals surface area (Å²) in [5.41, 5.74) is 0.836. The molecule has 0 aliphatic heterocycles. The molecular weight excluding hydrogens is 330 g/mol.